The van der Waals surface area contributed by atoms with Gasteiger partial charge in [-0.15, -0.1) is 0 Å². The molecule has 4 aromatic rings. The van der Waals surface area contributed by atoms with Crippen LogP contribution in [0.4, 0.5) is 5.82 Å². The van der Waals surface area contributed by atoms with E-state index in [4.69, 9.17) is 13.9 Å². The second-order valence-electron chi connectivity index (χ2n) is 8.28. The fourth-order valence-corrected chi connectivity index (χ4v) is 4.38. The first-order valence-electron chi connectivity index (χ1n) is 11.8. The van der Waals surface area contributed by atoms with Crippen LogP contribution in [0.15, 0.2) is 76.1 Å². The Morgan fingerprint density at radius 3 is 2.57 bits per heavy atom. The molecule has 7 heteroatoms. The van der Waals surface area contributed by atoms with Crippen LogP contribution in [-0.4, -0.2) is 24.1 Å². The highest BCUT2D eigenvalue weighted by Crippen LogP contribution is 2.42. The Kier molecular flexibility index (Phi) is 6.23. The maximum Gasteiger partial charge on any atom is 0.296 e. The number of benzene rings is 2. The number of nitrogens with zero attached hydrogens (tertiary/aromatic N) is 2. The van der Waals surface area contributed by atoms with Crippen molar-refractivity contribution in [1.29, 1.82) is 0 Å². The normalized spacial score (nSPS) is 14.9. The zero-order chi connectivity index (χ0) is 24.4. The number of amides is 1. The van der Waals surface area contributed by atoms with Gasteiger partial charge >= 0.3 is 0 Å². The molecule has 0 N–H and O–H groups in total. The summed E-state index contributed by atoms with van der Waals surface area (Å²) in [5, 5.41) is 0.427. The Morgan fingerprint density at radius 1 is 0.971 bits per heavy atom. The first-order valence-corrected chi connectivity index (χ1v) is 11.8. The minimum atomic E-state index is -0.725. The lowest BCUT2D eigenvalue weighted by Gasteiger charge is -2.25. The summed E-state index contributed by atoms with van der Waals surface area (Å²) in [6, 6.07) is 17.1. The van der Waals surface area contributed by atoms with Crippen molar-refractivity contribution in [2.45, 2.75) is 32.7 Å². The number of anilines is 1. The number of carbonyl (C=O) groups excluding carboxylic acids is 1. The number of aromatic nitrogens is 1. The van der Waals surface area contributed by atoms with Crippen molar-refractivity contribution in [1.82, 2.24) is 4.98 Å². The number of fused-ring (bicyclic) bond motifs is 2. The molecule has 178 valence electrons. The summed E-state index contributed by atoms with van der Waals surface area (Å²) in [4.78, 5) is 33.2. The second-order valence-corrected chi connectivity index (χ2v) is 8.28. The van der Waals surface area contributed by atoms with E-state index in [9.17, 15) is 9.59 Å². The summed E-state index contributed by atoms with van der Waals surface area (Å²) in [5.41, 5.74) is 1.14. The monoisotopic (exact) mass is 470 g/mol. The molecule has 7 nitrogen and oxygen atoms in total. The predicted molar refractivity (Wildman–Crippen MR) is 133 cm³/mol. The predicted octanol–water partition coefficient (Wildman–Crippen LogP) is 5.52. The van der Waals surface area contributed by atoms with Crippen LogP contribution in [0.1, 0.15) is 54.4 Å². The smallest absolute Gasteiger partial charge is 0.296 e. The molecule has 0 bridgehead atoms. The molecule has 0 fully saturated rings. The highest BCUT2D eigenvalue weighted by Gasteiger charge is 2.44. The van der Waals surface area contributed by atoms with Gasteiger partial charge in [0.05, 0.1) is 30.2 Å². The van der Waals surface area contributed by atoms with Crippen LogP contribution in [0.25, 0.3) is 11.0 Å². The Morgan fingerprint density at radius 2 is 1.80 bits per heavy atom. The number of carbonyl (C=O) groups is 1. The van der Waals surface area contributed by atoms with Crippen molar-refractivity contribution < 1.29 is 18.7 Å². The molecule has 0 saturated heterocycles. The van der Waals surface area contributed by atoms with E-state index in [1.165, 1.54) is 4.90 Å². The van der Waals surface area contributed by atoms with Gasteiger partial charge in [-0.25, -0.2) is 4.98 Å². The standard InChI is InChI=1S/C28H26N2O5/c1-3-5-16-34-21-14-13-18(17-22(21)33-4-2)25-24-26(31)19-10-6-7-11-20(19)35-27(24)28(32)30(25)23-12-8-9-15-29-23/h6-15,17,25H,3-5,16H2,1-2H3/t25-/m0/s1. The number of pyridine rings is 1. The second kappa shape index (κ2) is 9.62. The molecule has 0 unspecified atom stereocenters. The van der Waals surface area contributed by atoms with Crippen LogP contribution >= 0.6 is 0 Å². The Balaban J connectivity index is 1.70. The van der Waals surface area contributed by atoms with Gasteiger partial charge < -0.3 is 13.9 Å². The summed E-state index contributed by atoms with van der Waals surface area (Å²) in [5.74, 6) is 1.24. The van der Waals surface area contributed by atoms with E-state index in [1.807, 2.05) is 25.1 Å². The third-order valence-corrected chi connectivity index (χ3v) is 6.01. The third-order valence-electron chi connectivity index (χ3n) is 6.01. The average molecular weight is 471 g/mol. The first-order chi connectivity index (χ1) is 17.1. The van der Waals surface area contributed by atoms with E-state index in [2.05, 4.69) is 11.9 Å². The van der Waals surface area contributed by atoms with Crippen LogP contribution in [0, 0.1) is 0 Å². The highest BCUT2D eigenvalue weighted by atomic mass is 16.5. The van der Waals surface area contributed by atoms with Crippen LogP contribution in [0.2, 0.25) is 0 Å². The van der Waals surface area contributed by atoms with Gasteiger partial charge in [0.15, 0.2) is 16.9 Å². The SMILES string of the molecule is CCCCOc1ccc([C@H]2c3c(oc4ccccc4c3=O)C(=O)N2c2ccccn2)cc1OCC. The summed E-state index contributed by atoms with van der Waals surface area (Å²) in [6.07, 6.45) is 3.57. The molecule has 2 aromatic heterocycles. The highest BCUT2D eigenvalue weighted by molar-refractivity contribution is 6.10. The number of hydrogen-bond donors (Lipinski definition) is 0. The minimum absolute atomic E-state index is 0.0329. The van der Waals surface area contributed by atoms with Crippen LogP contribution in [-0.2, 0) is 0 Å². The van der Waals surface area contributed by atoms with Gasteiger partial charge in [0.2, 0.25) is 5.76 Å². The van der Waals surface area contributed by atoms with E-state index >= 15 is 0 Å². The van der Waals surface area contributed by atoms with Crippen LogP contribution < -0.4 is 19.8 Å². The Hall–Kier alpha value is -4.13. The van der Waals surface area contributed by atoms with Gasteiger partial charge in [-0.1, -0.05) is 37.6 Å². The quantitative estimate of drug-likeness (QED) is 0.316. The topological polar surface area (TPSA) is 81.9 Å². The van der Waals surface area contributed by atoms with E-state index in [0.29, 0.717) is 52.6 Å². The maximum absolute atomic E-state index is 13.7. The lowest BCUT2D eigenvalue weighted by molar-refractivity contribution is 0.0970. The van der Waals surface area contributed by atoms with E-state index in [1.54, 1.807) is 48.7 Å². The molecule has 2 aromatic carbocycles. The van der Waals surface area contributed by atoms with Crippen molar-refractivity contribution in [3.05, 3.63) is 94.0 Å². The van der Waals surface area contributed by atoms with Crippen molar-refractivity contribution >= 4 is 22.7 Å². The summed E-state index contributed by atoms with van der Waals surface area (Å²) >= 11 is 0. The zero-order valence-electron chi connectivity index (χ0n) is 19.7. The van der Waals surface area contributed by atoms with E-state index < -0.39 is 11.9 Å². The largest absolute Gasteiger partial charge is 0.490 e. The molecule has 35 heavy (non-hydrogen) atoms. The Labute approximate surface area is 202 Å². The minimum Gasteiger partial charge on any atom is -0.490 e. The Bertz CT molecular complexity index is 1430. The van der Waals surface area contributed by atoms with Gasteiger partial charge in [0.25, 0.3) is 5.91 Å². The van der Waals surface area contributed by atoms with Crippen molar-refractivity contribution in [2.75, 3.05) is 18.1 Å². The van der Waals surface area contributed by atoms with Gasteiger partial charge in [-0.3, -0.25) is 14.5 Å². The van der Waals surface area contributed by atoms with Crippen LogP contribution in [0.5, 0.6) is 11.5 Å². The van der Waals surface area contributed by atoms with Gasteiger partial charge in [0, 0.05) is 6.20 Å². The molecule has 3 heterocycles. The molecular formula is C28H26N2O5. The molecule has 0 aliphatic carbocycles. The third kappa shape index (κ3) is 4.03. The molecule has 0 spiro atoms. The zero-order valence-corrected chi connectivity index (χ0v) is 19.7. The number of unbranched alkanes of at least 4 members (excludes halogenated alkanes) is 1. The fourth-order valence-electron chi connectivity index (χ4n) is 4.38. The fraction of sp³-hybridized carbons (Fsp3) is 0.250. The molecule has 0 radical (unpaired) electrons. The van der Waals surface area contributed by atoms with Crippen molar-refractivity contribution in [3.8, 4) is 11.5 Å². The van der Waals surface area contributed by atoms with E-state index in [0.717, 1.165) is 12.8 Å². The summed E-state index contributed by atoms with van der Waals surface area (Å²) < 4.78 is 17.8. The van der Waals surface area contributed by atoms with Crippen molar-refractivity contribution in [3.63, 3.8) is 0 Å². The maximum atomic E-state index is 13.7. The van der Waals surface area contributed by atoms with Crippen LogP contribution in [0.3, 0.4) is 0 Å². The van der Waals surface area contributed by atoms with Gasteiger partial charge in [-0.2, -0.15) is 0 Å². The molecule has 1 aliphatic rings. The van der Waals surface area contributed by atoms with Gasteiger partial charge in [-0.05, 0) is 55.3 Å². The summed E-state index contributed by atoms with van der Waals surface area (Å²) in [7, 11) is 0. The van der Waals surface area contributed by atoms with Crippen molar-refractivity contribution in [2.24, 2.45) is 0 Å². The lowest BCUT2D eigenvalue weighted by Crippen LogP contribution is -2.30. The van der Waals surface area contributed by atoms with Gasteiger partial charge in [0.1, 0.15) is 11.4 Å². The number of para-hydroxylation sites is 1. The molecule has 1 aliphatic heterocycles. The molecular weight excluding hydrogens is 444 g/mol. The first kappa shape index (κ1) is 22.7. The lowest BCUT2D eigenvalue weighted by atomic mass is 9.98. The molecule has 1 atom stereocenters. The summed E-state index contributed by atoms with van der Waals surface area (Å²) in [6.45, 7) is 5.03. The molecule has 0 saturated carbocycles. The number of ether oxygens (including phenoxy) is 2. The number of hydrogen-bond acceptors (Lipinski definition) is 6. The average Bonchev–Trinajstić information content (AvgIpc) is 3.18. The number of rotatable bonds is 8. The molecule has 5 rings (SSSR count). The van der Waals surface area contributed by atoms with E-state index in [-0.39, 0.29) is 11.2 Å². The molecule has 1 amide bonds.